The molecule has 0 aromatic carbocycles. The van der Waals surface area contributed by atoms with E-state index in [2.05, 4.69) is 20.6 Å². The number of ether oxygens (including phenoxy) is 1. The summed E-state index contributed by atoms with van der Waals surface area (Å²) < 4.78 is 5.55. The van der Waals surface area contributed by atoms with Gasteiger partial charge in [-0.1, -0.05) is 6.07 Å². The number of pyridine rings is 2. The fourth-order valence-corrected chi connectivity index (χ4v) is 6.72. The molecular formula is C25H30N4O3. The lowest BCUT2D eigenvalue weighted by Gasteiger charge is -2.61. The monoisotopic (exact) mass is 434 g/mol. The van der Waals surface area contributed by atoms with Crippen LogP contribution < -0.4 is 15.4 Å². The third-order valence-electron chi connectivity index (χ3n) is 7.20. The van der Waals surface area contributed by atoms with Crippen LogP contribution in [0.15, 0.2) is 30.3 Å². The zero-order valence-corrected chi connectivity index (χ0v) is 18.9. The third kappa shape index (κ3) is 4.08. The van der Waals surface area contributed by atoms with Crippen LogP contribution >= 0.6 is 0 Å². The molecule has 0 saturated heterocycles. The van der Waals surface area contributed by atoms with E-state index >= 15 is 0 Å². The van der Waals surface area contributed by atoms with Crippen molar-refractivity contribution >= 4 is 12.0 Å². The number of aryl methyl sites for hydroxylation is 3. The van der Waals surface area contributed by atoms with Gasteiger partial charge in [0.1, 0.15) is 5.69 Å². The van der Waals surface area contributed by atoms with Gasteiger partial charge in [-0.3, -0.25) is 4.79 Å². The molecule has 2 heterocycles. The number of carbonyl (C=O) groups is 2. The fraction of sp³-hybridized carbons (Fsp3) is 0.520. The molecule has 4 saturated carbocycles. The van der Waals surface area contributed by atoms with Gasteiger partial charge in [0, 0.05) is 28.5 Å². The first-order valence-electron chi connectivity index (χ1n) is 11.4. The number of aromatic nitrogens is 2. The zero-order chi connectivity index (χ0) is 22.5. The van der Waals surface area contributed by atoms with Crippen LogP contribution in [0.2, 0.25) is 0 Å². The summed E-state index contributed by atoms with van der Waals surface area (Å²) in [6.45, 7) is 5.72. The highest BCUT2D eigenvalue weighted by molar-refractivity contribution is 5.92. The number of nitrogens with zero attached hydrogens (tertiary/aromatic N) is 2. The van der Waals surface area contributed by atoms with E-state index in [1.807, 2.05) is 39.0 Å². The molecule has 0 spiro atoms. The number of hydrogen-bond acceptors (Lipinski definition) is 5. The molecule has 2 atom stereocenters. The maximum absolute atomic E-state index is 13.0. The van der Waals surface area contributed by atoms with Gasteiger partial charge in [-0.25, -0.2) is 14.8 Å². The van der Waals surface area contributed by atoms with E-state index in [1.54, 1.807) is 12.1 Å². The lowest BCUT2D eigenvalue weighted by Crippen LogP contribution is -2.70. The van der Waals surface area contributed by atoms with Gasteiger partial charge in [-0.15, -0.1) is 0 Å². The number of rotatable bonds is 4. The number of hydrogen-bond donors (Lipinski definition) is 2. The first-order valence-corrected chi connectivity index (χ1v) is 11.4. The molecule has 0 aliphatic heterocycles. The molecule has 7 nitrogen and oxygen atoms in total. The minimum absolute atomic E-state index is 0.132. The maximum atomic E-state index is 13.0. The van der Waals surface area contributed by atoms with Crippen LogP contribution in [0.4, 0.5) is 4.79 Å². The van der Waals surface area contributed by atoms with Crippen molar-refractivity contribution in [1.29, 1.82) is 0 Å². The molecule has 6 rings (SSSR count). The Hall–Kier alpha value is -2.96. The minimum atomic E-state index is -0.466. The highest BCUT2D eigenvalue weighted by Gasteiger charge is 2.59. The Bertz CT molecular complexity index is 1050. The van der Waals surface area contributed by atoms with E-state index in [-0.39, 0.29) is 17.0 Å². The molecule has 7 heteroatoms. The zero-order valence-electron chi connectivity index (χ0n) is 18.9. The second-order valence-corrected chi connectivity index (χ2v) is 10.3. The average molecular weight is 435 g/mol. The molecule has 4 fully saturated rings. The van der Waals surface area contributed by atoms with Crippen molar-refractivity contribution < 1.29 is 14.3 Å². The molecule has 4 aliphatic rings. The summed E-state index contributed by atoms with van der Waals surface area (Å²) in [6.07, 6.45) is 5.19. The quantitative estimate of drug-likeness (QED) is 0.758. The summed E-state index contributed by atoms with van der Waals surface area (Å²) in [5.74, 6) is 1.16. The Labute approximate surface area is 188 Å². The smallest absolute Gasteiger partial charge is 0.391 e. The summed E-state index contributed by atoms with van der Waals surface area (Å²) in [7, 11) is 0. The highest BCUT2D eigenvalue weighted by Crippen LogP contribution is 2.57. The second kappa shape index (κ2) is 7.57. The van der Waals surface area contributed by atoms with Gasteiger partial charge in [0.15, 0.2) is 0 Å². The Morgan fingerprint density at radius 3 is 2.28 bits per heavy atom. The molecule has 2 N–H and O–H groups in total. The number of carbonyl (C=O) groups excluding carboxylic acids is 2. The summed E-state index contributed by atoms with van der Waals surface area (Å²) in [5.41, 5.74) is 2.42. The summed E-state index contributed by atoms with van der Waals surface area (Å²) in [6, 6.07) is 9.21. The van der Waals surface area contributed by atoms with Gasteiger partial charge < -0.3 is 15.4 Å². The van der Waals surface area contributed by atoms with Crippen LogP contribution in [-0.4, -0.2) is 33.0 Å². The first kappa shape index (κ1) is 20.9. The van der Waals surface area contributed by atoms with Gasteiger partial charge in [-0.05, 0) is 94.9 Å². The van der Waals surface area contributed by atoms with Crippen LogP contribution in [0.3, 0.4) is 0 Å². The van der Waals surface area contributed by atoms with Crippen LogP contribution in [0.1, 0.15) is 66.0 Å². The molecular weight excluding hydrogens is 404 g/mol. The predicted octanol–water partition coefficient (Wildman–Crippen LogP) is 4.01. The molecule has 4 aliphatic carbocycles. The van der Waals surface area contributed by atoms with Crippen molar-refractivity contribution in [2.75, 3.05) is 0 Å². The van der Waals surface area contributed by atoms with Gasteiger partial charge in [0.05, 0.1) is 0 Å². The van der Waals surface area contributed by atoms with E-state index in [0.29, 0.717) is 23.4 Å². The molecule has 2 amide bonds. The summed E-state index contributed by atoms with van der Waals surface area (Å²) in [5, 5.41) is 6.52. The van der Waals surface area contributed by atoms with Crippen molar-refractivity contribution in [1.82, 2.24) is 20.6 Å². The largest absolute Gasteiger partial charge is 0.414 e. The van der Waals surface area contributed by atoms with Gasteiger partial charge in [0.2, 0.25) is 5.88 Å². The van der Waals surface area contributed by atoms with Crippen LogP contribution in [0.25, 0.3) is 0 Å². The lowest BCUT2D eigenvalue weighted by molar-refractivity contribution is -0.0450. The van der Waals surface area contributed by atoms with Crippen LogP contribution in [0, 0.1) is 32.6 Å². The van der Waals surface area contributed by atoms with E-state index in [0.717, 1.165) is 55.5 Å². The topological polar surface area (TPSA) is 93.2 Å². The third-order valence-corrected chi connectivity index (χ3v) is 7.20. The predicted molar refractivity (Wildman–Crippen MR) is 119 cm³/mol. The van der Waals surface area contributed by atoms with E-state index in [9.17, 15) is 9.59 Å². The van der Waals surface area contributed by atoms with Crippen molar-refractivity contribution in [3.05, 3.63) is 53.0 Å². The molecule has 2 unspecified atom stereocenters. The molecule has 32 heavy (non-hydrogen) atoms. The van der Waals surface area contributed by atoms with Gasteiger partial charge in [-0.2, -0.15) is 0 Å². The lowest BCUT2D eigenvalue weighted by atomic mass is 9.50. The Morgan fingerprint density at radius 1 is 0.938 bits per heavy atom. The van der Waals surface area contributed by atoms with Gasteiger partial charge >= 0.3 is 6.09 Å². The highest BCUT2D eigenvalue weighted by atomic mass is 16.6. The second-order valence-electron chi connectivity index (χ2n) is 10.3. The van der Waals surface area contributed by atoms with E-state index in [4.69, 9.17) is 4.74 Å². The molecule has 4 bridgehead atoms. The molecule has 2 aromatic rings. The first-order chi connectivity index (χ1) is 15.2. The van der Waals surface area contributed by atoms with Gasteiger partial charge in [0.25, 0.3) is 5.91 Å². The average Bonchev–Trinajstić information content (AvgIpc) is 2.65. The molecule has 2 aromatic heterocycles. The number of nitrogens with one attached hydrogen (secondary N) is 2. The standard InChI is InChI=1S/C25H30N4O3/c1-15-7-17(3)27-21(8-15)32-23(31)29-25-12-18-9-19(13-25)11-24(10-18,14-25)28-22(30)20-6-4-5-16(2)26-20/h4-8,18-19H,9-14H2,1-3H3,(H,28,30)(H,29,31). The fourth-order valence-electron chi connectivity index (χ4n) is 6.72. The van der Waals surface area contributed by atoms with Crippen molar-refractivity contribution in [3.63, 3.8) is 0 Å². The normalized spacial score (nSPS) is 30.1. The Balaban J connectivity index is 1.33. The maximum Gasteiger partial charge on any atom is 0.414 e. The van der Waals surface area contributed by atoms with Crippen molar-refractivity contribution in [2.45, 2.75) is 70.4 Å². The van der Waals surface area contributed by atoms with Crippen molar-refractivity contribution in [3.8, 4) is 5.88 Å². The summed E-state index contributed by atoms with van der Waals surface area (Å²) in [4.78, 5) is 34.6. The molecule has 168 valence electrons. The van der Waals surface area contributed by atoms with Crippen LogP contribution in [0.5, 0.6) is 5.88 Å². The Kier molecular flexibility index (Phi) is 4.95. The number of amides is 2. The summed E-state index contributed by atoms with van der Waals surface area (Å²) >= 11 is 0. The minimum Gasteiger partial charge on any atom is -0.391 e. The Morgan fingerprint density at radius 2 is 1.62 bits per heavy atom. The van der Waals surface area contributed by atoms with Crippen molar-refractivity contribution in [2.24, 2.45) is 11.8 Å². The van der Waals surface area contributed by atoms with E-state index in [1.165, 1.54) is 0 Å². The van der Waals surface area contributed by atoms with Crippen LogP contribution in [-0.2, 0) is 0 Å². The SMILES string of the molecule is Cc1cc(C)nc(OC(=O)NC23CC4CC(C2)CC(NC(=O)c2cccc(C)n2)(C4)C3)c1. The van der Waals surface area contributed by atoms with E-state index < -0.39 is 6.09 Å². The molecule has 0 radical (unpaired) electrons.